The zero-order valence-electron chi connectivity index (χ0n) is 12.1. The number of aromatic nitrogens is 1. The Hall–Kier alpha value is -2.26. The molecule has 0 bridgehead atoms. The number of phenols is 1. The van der Waals surface area contributed by atoms with Crippen LogP contribution in [0.3, 0.4) is 0 Å². The van der Waals surface area contributed by atoms with E-state index in [1.165, 1.54) is 16.6 Å². The molecule has 3 N–H and O–H groups in total. The van der Waals surface area contributed by atoms with Gasteiger partial charge in [0.1, 0.15) is 5.75 Å². The van der Waals surface area contributed by atoms with Gasteiger partial charge in [-0.2, -0.15) is 0 Å². The minimum atomic E-state index is 0.253. The maximum Gasteiger partial charge on any atom is 0.118 e. The van der Waals surface area contributed by atoms with Crippen LogP contribution in [-0.2, 0) is 6.42 Å². The van der Waals surface area contributed by atoms with Crippen molar-refractivity contribution in [2.24, 2.45) is 0 Å². The van der Waals surface area contributed by atoms with E-state index in [4.69, 9.17) is 0 Å². The summed E-state index contributed by atoms with van der Waals surface area (Å²) >= 11 is 0. The molecule has 1 atom stereocenters. The first kappa shape index (κ1) is 13.7. The lowest BCUT2D eigenvalue weighted by Crippen LogP contribution is -2.21. The molecule has 0 saturated heterocycles. The molecule has 2 aromatic carbocycles. The third-order valence-electron chi connectivity index (χ3n) is 3.85. The SMILES string of the molecule is CC(NCCc1ccccc1O)c1cc2ccccc2[nH]1. The maximum absolute atomic E-state index is 9.75. The van der Waals surface area contributed by atoms with Gasteiger partial charge in [-0.15, -0.1) is 0 Å². The second kappa shape index (κ2) is 6.02. The van der Waals surface area contributed by atoms with Crippen molar-refractivity contribution in [2.75, 3.05) is 6.54 Å². The van der Waals surface area contributed by atoms with Crippen molar-refractivity contribution >= 4 is 10.9 Å². The van der Waals surface area contributed by atoms with Crippen molar-refractivity contribution in [1.29, 1.82) is 0 Å². The lowest BCUT2D eigenvalue weighted by molar-refractivity contribution is 0.465. The molecule has 1 heterocycles. The Morgan fingerprint density at radius 1 is 1.10 bits per heavy atom. The van der Waals surface area contributed by atoms with Crippen molar-refractivity contribution in [1.82, 2.24) is 10.3 Å². The molecular weight excluding hydrogens is 260 g/mol. The number of phenolic OH excluding ortho intramolecular Hbond substituents is 1. The molecule has 108 valence electrons. The van der Waals surface area contributed by atoms with Crippen molar-refractivity contribution < 1.29 is 5.11 Å². The molecule has 0 amide bonds. The smallest absolute Gasteiger partial charge is 0.118 e. The van der Waals surface area contributed by atoms with E-state index in [9.17, 15) is 5.11 Å². The van der Waals surface area contributed by atoms with Gasteiger partial charge in [-0.1, -0.05) is 36.4 Å². The average Bonchev–Trinajstić information content (AvgIpc) is 2.93. The molecule has 0 aliphatic carbocycles. The first-order valence-corrected chi connectivity index (χ1v) is 7.32. The zero-order valence-corrected chi connectivity index (χ0v) is 12.1. The van der Waals surface area contributed by atoms with Gasteiger partial charge in [0.2, 0.25) is 0 Å². The highest BCUT2D eigenvalue weighted by Gasteiger charge is 2.08. The van der Waals surface area contributed by atoms with Gasteiger partial charge in [0, 0.05) is 17.3 Å². The molecule has 0 saturated carbocycles. The largest absolute Gasteiger partial charge is 0.508 e. The van der Waals surface area contributed by atoms with Crippen LogP contribution < -0.4 is 5.32 Å². The summed E-state index contributed by atoms with van der Waals surface area (Å²) in [4.78, 5) is 3.44. The number of hydrogen-bond donors (Lipinski definition) is 3. The molecule has 1 aromatic heterocycles. The average molecular weight is 280 g/mol. The van der Waals surface area contributed by atoms with E-state index in [1.54, 1.807) is 6.07 Å². The fourth-order valence-electron chi connectivity index (χ4n) is 2.58. The molecule has 1 unspecified atom stereocenters. The lowest BCUT2D eigenvalue weighted by Gasteiger charge is -2.12. The third-order valence-corrected chi connectivity index (χ3v) is 3.85. The van der Waals surface area contributed by atoms with Crippen LogP contribution >= 0.6 is 0 Å². The summed E-state index contributed by atoms with van der Waals surface area (Å²) < 4.78 is 0. The van der Waals surface area contributed by atoms with Gasteiger partial charge in [-0.3, -0.25) is 0 Å². The number of fused-ring (bicyclic) bond motifs is 1. The van der Waals surface area contributed by atoms with E-state index < -0.39 is 0 Å². The molecule has 3 heteroatoms. The summed E-state index contributed by atoms with van der Waals surface area (Å²) in [6, 6.07) is 18.2. The molecule has 3 nitrogen and oxygen atoms in total. The molecule has 0 spiro atoms. The summed E-state index contributed by atoms with van der Waals surface area (Å²) in [5, 5.41) is 14.5. The number of para-hydroxylation sites is 2. The second-order valence-corrected chi connectivity index (χ2v) is 5.37. The van der Waals surface area contributed by atoms with Gasteiger partial charge in [-0.05, 0) is 49.0 Å². The highest BCUT2D eigenvalue weighted by molar-refractivity contribution is 5.80. The van der Waals surface area contributed by atoms with Gasteiger partial charge in [0.15, 0.2) is 0 Å². The van der Waals surface area contributed by atoms with E-state index in [0.29, 0.717) is 5.75 Å². The topological polar surface area (TPSA) is 48.0 Å². The fraction of sp³-hybridized carbons (Fsp3) is 0.222. The van der Waals surface area contributed by atoms with Crippen LogP contribution in [0.15, 0.2) is 54.6 Å². The Kier molecular flexibility index (Phi) is 3.93. The van der Waals surface area contributed by atoms with Crippen LogP contribution in [0.4, 0.5) is 0 Å². The molecule has 3 rings (SSSR count). The quantitative estimate of drug-likeness (QED) is 0.666. The molecule has 0 aliphatic rings. The number of aromatic hydroxyl groups is 1. The van der Waals surface area contributed by atoms with Crippen molar-refractivity contribution in [2.45, 2.75) is 19.4 Å². The summed E-state index contributed by atoms with van der Waals surface area (Å²) in [7, 11) is 0. The minimum Gasteiger partial charge on any atom is -0.508 e. The van der Waals surface area contributed by atoms with E-state index >= 15 is 0 Å². The van der Waals surface area contributed by atoms with Crippen LogP contribution in [0.2, 0.25) is 0 Å². The number of rotatable bonds is 5. The standard InChI is InChI=1S/C18H20N2O/c1-13(17-12-15-7-2-4-8-16(15)20-17)19-11-10-14-6-3-5-9-18(14)21/h2-9,12-13,19-21H,10-11H2,1H3. The van der Waals surface area contributed by atoms with Crippen LogP contribution in [-0.4, -0.2) is 16.6 Å². The van der Waals surface area contributed by atoms with Crippen molar-refractivity contribution in [3.8, 4) is 5.75 Å². The second-order valence-electron chi connectivity index (χ2n) is 5.37. The number of hydrogen-bond acceptors (Lipinski definition) is 2. The van der Waals surface area contributed by atoms with Crippen LogP contribution in [0.25, 0.3) is 10.9 Å². The fourth-order valence-corrected chi connectivity index (χ4v) is 2.58. The number of aromatic amines is 1. The van der Waals surface area contributed by atoms with Gasteiger partial charge in [0.05, 0.1) is 0 Å². The highest BCUT2D eigenvalue weighted by atomic mass is 16.3. The molecule has 0 fully saturated rings. The Balaban J connectivity index is 1.61. The Bertz CT molecular complexity index is 700. The molecule has 0 aliphatic heterocycles. The molecule has 0 radical (unpaired) electrons. The highest BCUT2D eigenvalue weighted by Crippen LogP contribution is 2.20. The molecular formula is C18H20N2O. The van der Waals surface area contributed by atoms with E-state index in [1.807, 2.05) is 24.3 Å². The first-order chi connectivity index (χ1) is 10.2. The minimum absolute atomic E-state index is 0.253. The number of nitrogens with one attached hydrogen (secondary N) is 2. The Labute approximate surface area is 124 Å². The lowest BCUT2D eigenvalue weighted by atomic mass is 10.1. The summed E-state index contributed by atoms with van der Waals surface area (Å²) in [6.07, 6.45) is 0.817. The van der Waals surface area contributed by atoms with Gasteiger partial charge >= 0.3 is 0 Å². The molecule has 21 heavy (non-hydrogen) atoms. The summed E-state index contributed by atoms with van der Waals surface area (Å²) in [5.41, 5.74) is 3.34. The van der Waals surface area contributed by atoms with Crippen molar-refractivity contribution in [3.05, 3.63) is 65.9 Å². The number of H-pyrrole nitrogens is 1. The zero-order chi connectivity index (χ0) is 14.7. The van der Waals surface area contributed by atoms with Crippen LogP contribution in [0.5, 0.6) is 5.75 Å². The monoisotopic (exact) mass is 280 g/mol. The van der Waals surface area contributed by atoms with Crippen LogP contribution in [0, 0.1) is 0 Å². The third kappa shape index (κ3) is 3.09. The van der Waals surface area contributed by atoms with Crippen LogP contribution in [0.1, 0.15) is 24.2 Å². The predicted octanol–water partition coefficient (Wildman–Crippen LogP) is 3.77. The van der Waals surface area contributed by atoms with Crippen molar-refractivity contribution in [3.63, 3.8) is 0 Å². The maximum atomic E-state index is 9.75. The first-order valence-electron chi connectivity index (χ1n) is 7.32. The van der Waals surface area contributed by atoms with E-state index in [2.05, 4.69) is 41.5 Å². The van der Waals surface area contributed by atoms with Gasteiger partial charge < -0.3 is 15.4 Å². The summed E-state index contributed by atoms with van der Waals surface area (Å²) in [5.74, 6) is 0.373. The summed E-state index contributed by atoms with van der Waals surface area (Å²) in [6.45, 7) is 2.98. The normalized spacial score (nSPS) is 12.6. The van der Waals surface area contributed by atoms with Gasteiger partial charge in [0.25, 0.3) is 0 Å². The predicted molar refractivity (Wildman–Crippen MR) is 86.5 cm³/mol. The number of benzene rings is 2. The Morgan fingerprint density at radius 2 is 1.86 bits per heavy atom. The van der Waals surface area contributed by atoms with E-state index in [0.717, 1.165) is 18.5 Å². The van der Waals surface area contributed by atoms with Gasteiger partial charge in [-0.25, -0.2) is 0 Å². The Morgan fingerprint density at radius 3 is 2.67 bits per heavy atom. The molecule has 3 aromatic rings. The van der Waals surface area contributed by atoms with E-state index in [-0.39, 0.29) is 6.04 Å².